The third-order valence-corrected chi connectivity index (χ3v) is 16.8. The topological polar surface area (TPSA) is 726 Å². The number of carboxylic acid groups (broad SMARTS) is 1. The van der Waals surface area contributed by atoms with Crippen LogP contribution in [0.15, 0.2) is 30.3 Å². The van der Waals surface area contributed by atoms with Crippen LogP contribution in [0.1, 0.15) is 79.2 Å². The van der Waals surface area contributed by atoms with E-state index in [9.17, 15) is 127 Å². The predicted molar refractivity (Wildman–Crippen MR) is 390 cm³/mol. The SMILES string of the molecule is CC[C@H](C)[C@H](NC(=O)[C@H](C)N)C(=O)NCC(=O)N[C@@H](CS)C(=O)NCC(=O)N[C@@H](Cc1ccccc1)C(=O)NCC(=O)N[C@@H](CO)C(=O)N[C@@H](CO)C(=O)N[C@@H](CO)C(=O)NCC(=O)NCC(=O)N[C@@H](CO)C(=O)N[C@@H](CO)C(=O)N[C@@H](CO)C(=O)N[C@H](C(=O)N[C@H](C(=O)N[C@@H](CCCCN)C(=O)O)[C@@H](C)CC)[C@@H](C)O. The second kappa shape index (κ2) is 52.7. The second-order valence-corrected chi connectivity index (χ2v) is 25.6. The fourth-order valence-electron chi connectivity index (χ4n) is 9.48. The van der Waals surface area contributed by atoms with Crippen molar-refractivity contribution in [3.05, 3.63) is 35.9 Å². The Bertz CT molecular complexity index is 3310. The molecule has 17 amide bonds. The average Bonchev–Trinajstić information content (AvgIpc) is 0.842. The average molecular weight is 1600 g/mol. The van der Waals surface area contributed by atoms with Crippen LogP contribution in [0.4, 0.5) is 0 Å². The van der Waals surface area contributed by atoms with Crippen LogP contribution in [-0.4, -0.2) is 317 Å². The molecule has 1 rings (SSSR count). The highest BCUT2D eigenvalue weighted by Gasteiger charge is 2.38. The van der Waals surface area contributed by atoms with E-state index in [1.807, 2.05) is 37.2 Å². The number of benzene rings is 1. The molecule has 45 nitrogen and oxygen atoms in total. The number of nitrogens with two attached hydrogens (primary N) is 2. The smallest absolute Gasteiger partial charge is 0.326 e. The molecule has 0 saturated heterocycles. The maximum Gasteiger partial charge on any atom is 0.326 e. The maximum absolute atomic E-state index is 13.5. The first-order chi connectivity index (χ1) is 52.4. The van der Waals surface area contributed by atoms with Gasteiger partial charge in [0.15, 0.2) is 0 Å². The lowest BCUT2D eigenvalue weighted by atomic mass is 9.96. The number of aliphatic hydroxyl groups excluding tert-OH is 7. The van der Waals surface area contributed by atoms with E-state index in [2.05, 4.69) is 65.8 Å². The largest absolute Gasteiger partial charge is 0.480 e. The minimum atomic E-state index is -1.97. The summed E-state index contributed by atoms with van der Waals surface area (Å²) in [5.41, 5.74) is 11.6. The number of rotatable bonds is 53. The Morgan fingerprint density at radius 2 is 0.685 bits per heavy atom. The number of nitrogens with one attached hydrogen (secondary N) is 17. The number of thiol groups is 1. The van der Waals surface area contributed by atoms with Crippen LogP contribution in [-0.2, 0) is 92.7 Å². The fourth-order valence-corrected chi connectivity index (χ4v) is 9.74. The molecule has 1 aromatic carbocycles. The van der Waals surface area contributed by atoms with Crippen molar-refractivity contribution >= 4 is 119 Å². The molecule has 0 radical (unpaired) electrons. The molecular weight excluding hydrogens is 1490 g/mol. The molecule has 0 fully saturated rings. The Morgan fingerprint density at radius 1 is 0.369 bits per heavy atom. The van der Waals surface area contributed by atoms with E-state index in [0.29, 0.717) is 24.8 Å². The van der Waals surface area contributed by atoms with Crippen LogP contribution in [0, 0.1) is 11.8 Å². The lowest BCUT2D eigenvalue weighted by molar-refractivity contribution is -0.143. The zero-order valence-corrected chi connectivity index (χ0v) is 63.0. The summed E-state index contributed by atoms with van der Waals surface area (Å²) in [6, 6.07) is -12.7. The lowest BCUT2D eigenvalue weighted by Crippen LogP contribution is -2.63. The Balaban J connectivity index is 2.87. The first kappa shape index (κ1) is 98.7. The highest BCUT2D eigenvalue weighted by Crippen LogP contribution is 2.13. The first-order valence-electron chi connectivity index (χ1n) is 35.1. The third-order valence-electron chi connectivity index (χ3n) is 16.5. The van der Waals surface area contributed by atoms with Crippen molar-refractivity contribution in [1.82, 2.24) is 90.4 Å². The number of hydrogen-bond acceptors (Lipinski definition) is 28. The zero-order valence-electron chi connectivity index (χ0n) is 62.1. The van der Waals surface area contributed by atoms with Gasteiger partial charge >= 0.3 is 5.97 Å². The fraction of sp³-hybridized carbons (Fsp3) is 0.631. The number of carbonyl (C=O) groups is 18. The quantitative estimate of drug-likeness (QED) is 0.0213. The van der Waals surface area contributed by atoms with E-state index in [-0.39, 0.29) is 37.5 Å². The molecule has 0 unspecified atom stereocenters. The normalized spacial score (nSPS) is 15.3. The van der Waals surface area contributed by atoms with Gasteiger partial charge in [-0.2, -0.15) is 12.6 Å². The van der Waals surface area contributed by atoms with Gasteiger partial charge in [0.05, 0.1) is 84.5 Å². The van der Waals surface area contributed by atoms with Crippen LogP contribution < -0.4 is 102 Å². The Labute approximate surface area is 642 Å². The van der Waals surface area contributed by atoms with Crippen molar-refractivity contribution < 1.29 is 127 Å². The number of aliphatic carboxylic acids is 1. The summed E-state index contributed by atoms with van der Waals surface area (Å²) < 4.78 is 0. The van der Waals surface area contributed by atoms with Crippen LogP contribution in [0.25, 0.3) is 0 Å². The standard InChI is InChI=1S/C65H107N19O26S/c1-7-31(3)50(82-53(97)33(5)67)62(106)72-23-49(96)76-44(30-111)56(100)71-21-47(94)73-37(18-35-14-10-9-11-15-35)54(98)70-22-48(95)75-40(26-87)58(102)79-41(27-88)59(103)78-38(24-85)55(99)69-19-45(92)68-20-46(93)74-39(25-86)57(101)80-42(28-89)60(104)81-43(29-90)61(105)84-52(34(6)91)64(108)83-51(32(4)8-2)63(107)77-36(65(109)110)16-12-13-17-66/h9-11,14-15,31-34,36-44,50-52,85-91,111H,7-8,12-13,16-30,66-67H2,1-6H3,(H,68,92)(H,69,99)(H,70,98)(H,71,100)(H,72,106)(H,73,94)(H,74,93)(H,75,95)(H,76,96)(H,77,107)(H,78,103)(H,79,102)(H,80,101)(H,81,104)(H,82,97)(H,83,108)(H,84,105)(H,109,110)/t31-,32-,33-,34+,36-,37-,38-,39-,40-,41-,42-,43-,44-,50-,51-,52-/m0/s1. The summed E-state index contributed by atoms with van der Waals surface area (Å²) in [4.78, 5) is 234. The van der Waals surface area contributed by atoms with E-state index in [1.165, 1.54) is 6.92 Å². The van der Waals surface area contributed by atoms with E-state index in [0.717, 1.165) is 6.92 Å². The van der Waals surface area contributed by atoms with Crippen LogP contribution >= 0.6 is 12.6 Å². The minimum absolute atomic E-state index is 0.0158. The van der Waals surface area contributed by atoms with Gasteiger partial charge in [0, 0.05) is 12.2 Å². The van der Waals surface area contributed by atoms with Gasteiger partial charge in [-0.05, 0) is 57.1 Å². The summed E-state index contributed by atoms with van der Waals surface area (Å²) in [6.07, 6.45) is -0.268. The second-order valence-electron chi connectivity index (χ2n) is 25.3. The van der Waals surface area contributed by atoms with Crippen molar-refractivity contribution in [3.8, 4) is 0 Å². The van der Waals surface area contributed by atoms with E-state index in [4.69, 9.17) is 11.5 Å². The van der Waals surface area contributed by atoms with Crippen LogP contribution in [0.2, 0.25) is 0 Å². The van der Waals surface area contributed by atoms with Gasteiger partial charge in [0.2, 0.25) is 100 Å². The maximum atomic E-state index is 13.5. The molecule has 46 heteroatoms. The molecule has 1 aromatic rings. The van der Waals surface area contributed by atoms with Gasteiger partial charge in [0.25, 0.3) is 0 Å². The third kappa shape index (κ3) is 36.4. The van der Waals surface area contributed by atoms with Gasteiger partial charge in [0.1, 0.15) is 72.5 Å². The highest BCUT2D eigenvalue weighted by molar-refractivity contribution is 7.80. The minimum Gasteiger partial charge on any atom is -0.480 e. The molecule has 111 heavy (non-hydrogen) atoms. The lowest BCUT2D eigenvalue weighted by Gasteiger charge is -2.29. The van der Waals surface area contributed by atoms with Gasteiger partial charge in [-0.3, -0.25) is 81.5 Å². The number of carboxylic acids is 1. The number of aliphatic hydroxyl groups is 7. The number of hydrogen-bond donors (Lipinski definition) is 28. The summed E-state index contributed by atoms with van der Waals surface area (Å²) in [6.45, 7) is -1.80. The molecule has 29 N–H and O–H groups in total. The van der Waals surface area contributed by atoms with Gasteiger partial charge in [-0.15, -0.1) is 0 Å². The zero-order chi connectivity index (χ0) is 84.2. The van der Waals surface area contributed by atoms with Gasteiger partial charge in [-0.25, -0.2) is 4.79 Å². The van der Waals surface area contributed by atoms with Crippen molar-refractivity contribution in [1.29, 1.82) is 0 Å². The van der Waals surface area contributed by atoms with Gasteiger partial charge in [-0.1, -0.05) is 70.9 Å². The molecule has 0 bridgehead atoms. The predicted octanol–water partition coefficient (Wildman–Crippen LogP) is -14.5. The summed E-state index contributed by atoms with van der Waals surface area (Å²) in [7, 11) is 0. The highest BCUT2D eigenvalue weighted by atomic mass is 32.1. The van der Waals surface area contributed by atoms with Crippen LogP contribution in [0.3, 0.4) is 0 Å². The summed E-state index contributed by atoms with van der Waals surface area (Å²) in [5.74, 6) is -20.9. The molecule has 0 aromatic heterocycles. The van der Waals surface area contributed by atoms with Crippen LogP contribution in [0.5, 0.6) is 0 Å². The number of carbonyl (C=O) groups excluding carboxylic acids is 17. The molecule has 0 aliphatic carbocycles. The van der Waals surface area contributed by atoms with Crippen molar-refractivity contribution in [3.63, 3.8) is 0 Å². The summed E-state index contributed by atoms with van der Waals surface area (Å²) in [5, 5.41) is 117. The van der Waals surface area contributed by atoms with E-state index >= 15 is 0 Å². The molecule has 0 spiro atoms. The van der Waals surface area contributed by atoms with E-state index < -0.39 is 269 Å². The van der Waals surface area contributed by atoms with Crippen molar-refractivity contribution in [2.24, 2.45) is 23.3 Å². The van der Waals surface area contributed by atoms with Gasteiger partial charge < -0.3 is 143 Å². The molecule has 0 aliphatic rings. The number of amides is 17. The Morgan fingerprint density at radius 3 is 1.07 bits per heavy atom. The van der Waals surface area contributed by atoms with E-state index in [1.54, 1.807) is 58.0 Å². The molecule has 624 valence electrons. The molecule has 0 heterocycles. The van der Waals surface area contributed by atoms with Crippen molar-refractivity contribution in [2.75, 3.05) is 84.7 Å². The molecule has 0 aliphatic heterocycles. The summed E-state index contributed by atoms with van der Waals surface area (Å²) >= 11 is 4.09. The first-order valence-corrected chi connectivity index (χ1v) is 35.7. The molecular formula is C65H107N19O26S. The monoisotopic (exact) mass is 1600 g/mol. The van der Waals surface area contributed by atoms with Crippen molar-refractivity contribution in [2.45, 2.75) is 165 Å². The number of unbranched alkanes of at least 4 members (excludes halogenated alkanes) is 1. The Hall–Kier alpha value is -10.3. The Kier molecular flexibility index (Phi) is 46.9. The molecule has 16 atom stereocenters. The molecule has 0 saturated carbocycles.